The van der Waals surface area contributed by atoms with Gasteiger partial charge in [0.05, 0.1) is 39.2 Å². The van der Waals surface area contributed by atoms with Gasteiger partial charge in [0.1, 0.15) is 0 Å². The molecule has 0 bridgehead atoms. The number of imidazole rings is 2. The van der Waals surface area contributed by atoms with Crippen LogP contribution < -0.4 is 16.4 Å². The Morgan fingerprint density at radius 2 is 1.56 bits per heavy atom. The monoisotopic (exact) mass is 672 g/mol. The number of aryl methyl sites for hydroxylation is 3. The predicted octanol–water partition coefficient (Wildman–Crippen LogP) is 7.45. The number of allylic oxidation sites excluding steroid dienone is 2. The number of likely N-dealkylation sites (tertiary alicyclic amines) is 1. The Hall–Kier alpha value is -5.09. The third-order valence-electron chi connectivity index (χ3n) is 9.63. The van der Waals surface area contributed by atoms with Crippen molar-refractivity contribution < 1.29 is 0 Å². The summed E-state index contributed by atoms with van der Waals surface area (Å²) in [6, 6.07) is 10.7. The normalized spacial score (nSPS) is 13.6. The summed E-state index contributed by atoms with van der Waals surface area (Å²) >= 11 is 0. The van der Waals surface area contributed by atoms with E-state index in [9.17, 15) is 0 Å². The van der Waals surface area contributed by atoms with Gasteiger partial charge in [-0.15, -0.1) is 0 Å². The summed E-state index contributed by atoms with van der Waals surface area (Å²) in [5, 5.41) is 11.5. The molecule has 1 saturated heterocycles. The highest BCUT2D eigenvalue weighted by Crippen LogP contribution is 2.30. The molecule has 0 aliphatic carbocycles. The molecule has 2 aromatic carbocycles. The number of hydrogen-bond acceptors (Lipinski definition) is 7. The lowest BCUT2D eigenvalue weighted by Gasteiger charge is -2.16. The van der Waals surface area contributed by atoms with Crippen LogP contribution in [-0.2, 0) is 32.5 Å². The van der Waals surface area contributed by atoms with Gasteiger partial charge >= 0.3 is 0 Å². The fourth-order valence-electron chi connectivity index (χ4n) is 7.20. The number of nitrogens with zero attached hydrogens (tertiary/aromatic N) is 7. The van der Waals surface area contributed by atoms with Gasteiger partial charge in [-0.3, -0.25) is 4.68 Å². The lowest BCUT2D eigenvalue weighted by molar-refractivity contribution is 0.344. The standard InChI is InChI=1S/C40H52N10/c1-8-15-31-25-33(28(5)41)26-35-37(31)49(40(45-35)43-29(6)36-22-27(4)46-50(36)10-3)20-14-13-19-48-38-32(16-21-47-17-11-12-18-47)23-30(9-2)24-34(38)44-39(48)42-7/h9,13-14,22-26H,2,5-6,8,10-12,15-21,41H2,1,3-4,7H3,(H,42,44)(H,43,45)/b14-13+. The van der Waals surface area contributed by atoms with Crippen molar-refractivity contribution in [2.24, 2.45) is 5.73 Å². The first-order chi connectivity index (χ1) is 24.2. The van der Waals surface area contributed by atoms with Gasteiger partial charge in [0, 0.05) is 38.9 Å². The van der Waals surface area contributed by atoms with Gasteiger partial charge in [0.2, 0.25) is 11.9 Å². The van der Waals surface area contributed by atoms with E-state index in [1.165, 1.54) is 42.6 Å². The minimum absolute atomic E-state index is 0.535. The molecule has 4 N–H and O–H groups in total. The molecule has 1 aliphatic rings. The molecule has 1 aliphatic heterocycles. The van der Waals surface area contributed by atoms with Gasteiger partial charge in [-0.05, 0) is 105 Å². The van der Waals surface area contributed by atoms with E-state index in [1.54, 1.807) is 0 Å². The zero-order valence-corrected chi connectivity index (χ0v) is 30.2. The number of nitrogens with two attached hydrogens (primary N) is 1. The van der Waals surface area contributed by atoms with Crippen LogP contribution in [0.3, 0.4) is 0 Å². The molecule has 1 fully saturated rings. The highest BCUT2D eigenvalue weighted by Gasteiger charge is 2.19. The fraction of sp³-hybridized carbons (Fsp3) is 0.375. The summed E-state index contributed by atoms with van der Waals surface area (Å²) in [5.74, 6) is 1.57. The quantitative estimate of drug-likeness (QED) is 0.0935. The molecule has 5 aromatic rings. The second kappa shape index (κ2) is 15.2. The molecule has 262 valence electrons. The molecule has 0 saturated carbocycles. The maximum Gasteiger partial charge on any atom is 0.208 e. The molecular formula is C40H52N10. The van der Waals surface area contributed by atoms with Gasteiger partial charge in [0.25, 0.3) is 0 Å². The number of anilines is 2. The van der Waals surface area contributed by atoms with Crippen LogP contribution in [0.2, 0.25) is 0 Å². The molecule has 0 spiro atoms. The second-order valence-electron chi connectivity index (χ2n) is 13.2. The van der Waals surface area contributed by atoms with E-state index in [-0.39, 0.29) is 0 Å². The zero-order chi connectivity index (χ0) is 35.4. The highest BCUT2D eigenvalue weighted by molar-refractivity contribution is 5.88. The van der Waals surface area contributed by atoms with Crippen LogP contribution in [0, 0.1) is 6.92 Å². The third-order valence-corrected chi connectivity index (χ3v) is 9.63. The minimum Gasteiger partial charge on any atom is -0.399 e. The predicted molar refractivity (Wildman–Crippen MR) is 210 cm³/mol. The summed E-state index contributed by atoms with van der Waals surface area (Å²) in [5.41, 5.74) is 18.0. The molecular weight excluding hydrogens is 621 g/mol. The van der Waals surface area contributed by atoms with Crippen molar-refractivity contribution in [3.8, 4) is 0 Å². The van der Waals surface area contributed by atoms with Crippen molar-refractivity contribution in [3.05, 3.63) is 95.9 Å². The van der Waals surface area contributed by atoms with Crippen molar-refractivity contribution >= 4 is 51.4 Å². The Morgan fingerprint density at radius 1 is 0.900 bits per heavy atom. The largest absolute Gasteiger partial charge is 0.399 e. The molecule has 0 atom stereocenters. The van der Waals surface area contributed by atoms with Gasteiger partial charge < -0.3 is 30.4 Å². The number of hydrogen-bond donors (Lipinski definition) is 3. The molecule has 0 amide bonds. The SMILES string of the molecule is C=Cc1cc(CCN2CCCC2)c2c(c1)nc(NC)n2C/C=C/Cn1c(NC(=C)c2cc(C)nn2CC)nc2cc(C(=C)N)cc(CCC)c21. The van der Waals surface area contributed by atoms with Crippen LogP contribution in [0.1, 0.15) is 66.8 Å². The third kappa shape index (κ3) is 7.12. The topological polar surface area (TPSA) is 107 Å². The summed E-state index contributed by atoms with van der Waals surface area (Å²) < 4.78 is 6.50. The molecule has 0 radical (unpaired) electrons. The average Bonchev–Trinajstić information content (AvgIpc) is 3.91. The number of benzene rings is 2. The Bertz CT molecular complexity index is 2060. The Kier molecular flexibility index (Phi) is 10.6. The zero-order valence-electron chi connectivity index (χ0n) is 30.2. The number of fused-ring (bicyclic) bond motifs is 2. The Morgan fingerprint density at radius 3 is 2.20 bits per heavy atom. The van der Waals surface area contributed by atoms with Gasteiger partial charge in [-0.25, -0.2) is 9.97 Å². The minimum atomic E-state index is 0.535. The first-order valence-electron chi connectivity index (χ1n) is 17.9. The van der Waals surface area contributed by atoms with E-state index in [0.29, 0.717) is 18.8 Å². The maximum atomic E-state index is 6.19. The number of aromatic nitrogens is 6. The van der Waals surface area contributed by atoms with E-state index in [4.69, 9.17) is 15.7 Å². The van der Waals surface area contributed by atoms with E-state index >= 15 is 0 Å². The highest BCUT2D eigenvalue weighted by atomic mass is 15.3. The summed E-state index contributed by atoms with van der Waals surface area (Å²) in [6.07, 6.45) is 11.8. The van der Waals surface area contributed by atoms with E-state index in [0.717, 1.165) is 89.0 Å². The van der Waals surface area contributed by atoms with Crippen LogP contribution in [0.5, 0.6) is 0 Å². The van der Waals surface area contributed by atoms with Crippen molar-refractivity contribution in [1.29, 1.82) is 0 Å². The van der Waals surface area contributed by atoms with Crippen LogP contribution in [0.4, 0.5) is 11.9 Å². The van der Waals surface area contributed by atoms with Crippen molar-refractivity contribution in [3.63, 3.8) is 0 Å². The number of nitrogens with one attached hydrogen (secondary N) is 2. The van der Waals surface area contributed by atoms with Crippen LogP contribution in [0.25, 0.3) is 39.5 Å². The van der Waals surface area contributed by atoms with E-state index in [2.05, 4.69) is 99.8 Å². The summed E-state index contributed by atoms with van der Waals surface area (Å²) in [7, 11) is 1.94. The summed E-state index contributed by atoms with van der Waals surface area (Å²) in [4.78, 5) is 12.7. The van der Waals surface area contributed by atoms with Crippen LogP contribution >= 0.6 is 0 Å². The smallest absolute Gasteiger partial charge is 0.208 e. The van der Waals surface area contributed by atoms with Gasteiger partial charge in [-0.2, -0.15) is 5.10 Å². The second-order valence-corrected chi connectivity index (χ2v) is 13.2. The molecule has 10 nitrogen and oxygen atoms in total. The van der Waals surface area contributed by atoms with Gasteiger partial charge in [0.15, 0.2) is 0 Å². The lowest BCUT2D eigenvalue weighted by Crippen LogP contribution is -2.22. The molecule has 50 heavy (non-hydrogen) atoms. The first kappa shape index (κ1) is 34.8. The molecule has 6 rings (SSSR count). The lowest BCUT2D eigenvalue weighted by atomic mass is 10.0. The molecule has 3 aromatic heterocycles. The summed E-state index contributed by atoms with van der Waals surface area (Å²) in [6.45, 7) is 24.2. The Labute approximate surface area is 296 Å². The van der Waals surface area contributed by atoms with Crippen LogP contribution in [-0.4, -0.2) is 60.5 Å². The molecule has 4 heterocycles. The number of rotatable bonds is 16. The van der Waals surface area contributed by atoms with Crippen molar-refractivity contribution in [2.75, 3.05) is 37.3 Å². The van der Waals surface area contributed by atoms with Gasteiger partial charge in [-0.1, -0.05) is 51.3 Å². The van der Waals surface area contributed by atoms with Crippen molar-refractivity contribution in [2.45, 2.75) is 72.5 Å². The van der Waals surface area contributed by atoms with E-state index in [1.807, 2.05) is 30.8 Å². The molecule has 10 heteroatoms. The van der Waals surface area contributed by atoms with E-state index < -0.39 is 0 Å². The maximum absolute atomic E-state index is 6.19. The molecule has 0 unspecified atom stereocenters. The van der Waals surface area contributed by atoms with Crippen LogP contribution in [0.15, 0.2) is 62.2 Å². The fourth-order valence-corrected chi connectivity index (χ4v) is 7.20. The Balaban J connectivity index is 1.35. The average molecular weight is 673 g/mol. The van der Waals surface area contributed by atoms with Crippen molar-refractivity contribution in [1.82, 2.24) is 33.8 Å². The first-order valence-corrected chi connectivity index (χ1v) is 17.9.